The van der Waals surface area contributed by atoms with Crippen molar-refractivity contribution in [2.24, 2.45) is 0 Å². The van der Waals surface area contributed by atoms with Crippen LogP contribution in [-0.2, 0) is 0 Å². The minimum Gasteiger partial charge on any atom is -0.476 e. The quantitative estimate of drug-likeness (QED) is 0.909. The van der Waals surface area contributed by atoms with E-state index < -0.39 is 5.97 Å². The molecule has 1 aromatic heterocycles. The zero-order valence-corrected chi connectivity index (χ0v) is 13.9. The molecular formula is C16H16ClN3O2S. The zero-order chi connectivity index (χ0) is 16.2. The molecule has 2 heterocycles. The minimum atomic E-state index is -1.05. The van der Waals surface area contributed by atoms with Gasteiger partial charge in [0, 0.05) is 28.3 Å². The summed E-state index contributed by atoms with van der Waals surface area (Å²) in [5.41, 5.74) is -0.0260. The van der Waals surface area contributed by atoms with Gasteiger partial charge in [-0.25, -0.2) is 14.8 Å². The molecule has 0 amide bonds. The van der Waals surface area contributed by atoms with E-state index in [1.54, 1.807) is 0 Å². The number of aromatic carboxylic acids is 1. The number of halogens is 1. The van der Waals surface area contributed by atoms with Gasteiger partial charge < -0.3 is 10.0 Å². The van der Waals surface area contributed by atoms with Crippen molar-refractivity contribution in [2.45, 2.75) is 23.0 Å². The number of piperidine rings is 1. The van der Waals surface area contributed by atoms with Crippen LogP contribution in [0.25, 0.3) is 0 Å². The lowest BCUT2D eigenvalue weighted by Crippen LogP contribution is -2.35. The second kappa shape index (κ2) is 7.19. The molecule has 1 aliphatic heterocycles. The molecule has 23 heavy (non-hydrogen) atoms. The van der Waals surface area contributed by atoms with Gasteiger partial charge >= 0.3 is 5.97 Å². The van der Waals surface area contributed by atoms with Gasteiger partial charge in [0.25, 0.3) is 0 Å². The van der Waals surface area contributed by atoms with Crippen LogP contribution < -0.4 is 4.90 Å². The Morgan fingerprint density at radius 3 is 2.43 bits per heavy atom. The van der Waals surface area contributed by atoms with Crippen LogP contribution in [0, 0.1) is 0 Å². The molecule has 0 radical (unpaired) electrons. The topological polar surface area (TPSA) is 66.3 Å². The average molecular weight is 350 g/mol. The van der Waals surface area contributed by atoms with Gasteiger partial charge in [-0.15, -0.1) is 11.8 Å². The van der Waals surface area contributed by atoms with E-state index in [9.17, 15) is 4.79 Å². The third-order valence-corrected chi connectivity index (χ3v) is 5.34. The van der Waals surface area contributed by atoms with Gasteiger partial charge in [0.2, 0.25) is 0 Å². The lowest BCUT2D eigenvalue weighted by Gasteiger charge is -2.32. The van der Waals surface area contributed by atoms with Gasteiger partial charge in [-0.1, -0.05) is 11.6 Å². The van der Waals surface area contributed by atoms with Gasteiger partial charge in [-0.2, -0.15) is 0 Å². The van der Waals surface area contributed by atoms with Crippen molar-refractivity contribution in [2.75, 3.05) is 18.0 Å². The molecule has 1 saturated heterocycles. The lowest BCUT2D eigenvalue weighted by molar-refractivity contribution is 0.0690. The highest BCUT2D eigenvalue weighted by molar-refractivity contribution is 8.00. The second-order valence-corrected chi connectivity index (χ2v) is 7.13. The number of aromatic nitrogens is 2. The summed E-state index contributed by atoms with van der Waals surface area (Å²) >= 11 is 7.78. The molecule has 0 aliphatic carbocycles. The summed E-state index contributed by atoms with van der Waals surface area (Å²) in [5.74, 6) is -0.313. The molecule has 0 unspecified atom stereocenters. The van der Waals surface area contributed by atoms with E-state index in [1.807, 2.05) is 23.9 Å². The Labute approximate surface area is 143 Å². The molecule has 0 bridgehead atoms. The Morgan fingerprint density at radius 2 is 1.87 bits per heavy atom. The third kappa shape index (κ3) is 4.14. The van der Waals surface area contributed by atoms with E-state index in [4.69, 9.17) is 16.7 Å². The summed E-state index contributed by atoms with van der Waals surface area (Å²) in [4.78, 5) is 22.3. The van der Waals surface area contributed by atoms with Crippen molar-refractivity contribution in [3.63, 3.8) is 0 Å². The van der Waals surface area contributed by atoms with Gasteiger partial charge in [0.1, 0.15) is 5.82 Å². The van der Waals surface area contributed by atoms with Crippen molar-refractivity contribution < 1.29 is 9.90 Å². The van der Waals surface area contributed by atoms with Crippen LogP contribution in [0.2, 0.25) is 5.02 Å². The number of anilines is 1. The van der Waals surface area contributed by atoms with Crippen molar-refractivity contribution >= 4 is 35.1 Å². The highest BCUT2D eigenvalue weighted by Gasteiger charge is 2.21. The molecule has 7 heteroatoms. The second-order valence-electron chi connectivity index (χ2n) is 5.32. The van der Waals surface area contributed by atoms with Gasteiger partial charge in [-0.05, 0) is 37.1 Å². The Morgan fingerprint density at radius 1 is 1.17 bits per heavy atom. The molecule has 3 rings (SSSR count). The minimum absolute atomic E-state index is 0.0260. The number of carboxylic acids is 1. The molecule has 0 atom stereocenters. The van der Waals surface area contributed by atoms with E-state index in [2.05, 4.69) is 27.0 Å². The molecule has 1 N–H and O–H groups in total. The number of thioether (sulfide) groups is 1. The van der Waals surface area contributed by atoms with E-state index in [-0.39, 0.29) is 5.69 Å². The SMILES string of the molecule is O=C(O)c1cnc(N2CCC(Sc3ccc(Cl)cc3)CC2)cn1. The molecular weight excluding hydrogens is 334 g/mol. The molecule has 1 aliphatic rings. The number of rotatable bonds is 4. The fraction of sp³-hybridized carbons (Fsp3) is 0.312. The van der Waals surface area contributed by atoms with Crippen molar-refractivity contribution in [1.82, 2.24) is 9.97 Å². The molecule has 1 aromatic carbocycles. The first-order valence-electron chi connectivity index (χ1n) is 7.34. The number of nitrogens with zero attached hydrogens (tertiary/aromatic N) is 3. The van der Waals surface area contributed by atoms with Crippen molar-refractivity contribution in [1.29, 1.82) is 0 Å². The summed E-state index contributed by atoms with van der Waals surface area (Å²) in [6.45, 7) is 1.79. The molecule has 2 aromatic rings. The predicted molar refractivity (Wildman–Crippen MR) is 91.5 cm³/mol. The fourth-order valence-electron chi connectivity index (χ4n) is 2.50. The van der Waals surface area contributed by atoms with Crippen molar-refractivity contribution in [3.8, 4) is 0 Å². The van der Waals surface area contributed by atoms with Crippen LogP contribution >= 0.6 is 23.4 Å². The Kier molecular flexibility index (Phi) is 5.03. The van der Waals surface area contributed by atoms with Gasteiger partial charge in [0.15, 0.2) is 5.69 Å². The Balaban J connectivity index is 1.55. The summed E-state index contributed by atoms with van der Waals surface area (Å²) in [5, 5.41) is 10.2. The summed E-state index contributed by atoms with van der Waals surface area (Å²) in [7, 11) is 0. The van der Waals surface area contributed by atoms with Gasteiger partial charge in [0.05, 0.1) is 12.4 Å². The molecule has 5 nitrogen and oxygen atoms in total. The van der Waals surface area contributed by atoms with Crippen LogP contribution in [0.4, 0.5) is 5.82 Å². The van der Waals surface area contributed by atoms with E-state index in [0.717, 1.165) is 36.8 Å². The van der Waals surface area contributed by atoms with Crippen LogP contribution in [0.1, 0.15) is 23.3 Å². The highest BCUT2D eigenvalue weighted by atomic mass is 35.5. The summed E-state index contributed by atoms with van der Waals surface area (Å²) in [6, 6.07) is 7.93. The molecule has 0 saturated carbocycles. The highest BCUT2D eigenvalue weighted by Crippen LogP contribution is 2.31. The van der Waals surface area contributed by atoms with Crippen LogP contribution in [-0.4, -0.2) is 39.4 Å². The summed E-state index contributed by atoms with van der Waals surface area (Å²) < 4.78 is 0. The van der Waals surface area contributed by atoms with Crippen molar-refractivity contribution in [3.05, 3.63) is 47.4 Å². The summed E-state index contributed by atoms with van der Waals surface area (Å²) in [6.07, 6.45) is 4.95. The number of hydrogen-bond acceptors (Lipinski definition) is 5. The largest absolute Gasteiger partial charge is 0.476 e. The smallest absolute Gasteiger partial charge is 0.356 e. The Hall–Kier alpha value is -1.79. The first-order valence-corrected chi connectivity index (χ1v) is 8.60. The fourth-order valence-corrected chi connectivity index (χ4v) is 3.75. The van der Waals surface area contributed by atoms with E-state index >= 15 is 0 Å². The number of benzene rings is 1. The maximum absolute atomic E-state index is 10.8. The normalized spacial score (nSPS) is 15.6. The van der Waals surface area contributed by atoms with Crippen LogP contribution in [0.3, 0.4) is 0 Å². The monoisotopic (exact) mass is 349 g/mol. The lowest BCUT2D eigenvalue weighted by atomic mass is 10.1. The van der Waals surface area contributed by atoms with Crippen LogP contribution in [0.15, 0.2) is 41.6 Å². The Bertz CT molecular complexity index is 671. The molecule has 1 fully saturated rings. The number of carbonyl (C=O) groups is 1. The molecule has 120 valence electrons. The third-order valence-electron chi connectivity index (χ3n) is 3.74. The van der Waals surface area contributed by atoms with E-state index in [0.29, 0.717) is 5.25 Å². The van der Waals surface area contributed by atoms with Crippen LogP contribution in [0.5, 0.6) is 0 Å². The zero-order valence-electron chi connectivity index (χ0n) is 12.4. The average Bonchev–Trinajstić information content (AvgIpc) is 2.58. The number of carboxylic acid groups (broad SMARTS) is 1. The first kappa shape index (κ1) is 16.1. The maximum atomic E-state index is 10.8. The first-order chi connectivity index (χ1) is 11.1. The number of hydrogen-bond donors (Lipinski definition) is 1. The van der Waals surface area contributed by atoms with E-state index in [1.165, 1.54) is 17.3 Å². The molecule has 0 spiro atoms. The maximum Gasteiger partial charge on any atom is 0.356 e. The predicted octanol–water partition coefficient (Wildman–Crippen LogP) is 3.59. The van der Waals surface area contributed by atoms with Gasteiger partial charge in [-0.3, -0.25) is 0 Å². The standard InChI is InChI=1S/C16H16ClN3O2S/c17-11-1-3-12(4-2-11)23-13-5-7-20(8-6-13)15-10-18-14(9-19-15)16(21)22/h1-4,9-10,13H,5-8H2,(H,21,22).